The summed E-state index contributed by atoms with van der Waals surface area (Å²) in [4.78, 5) is 28.0. The lowest BCUT2D eigenvalue weighted by molar-refractivity contribution is -0.117. The van der Waals surface area contributed by atoms with E-state index in [1.54, 1.807) is 4.90 Å². The third kappa shape index (κ3) is 4.28. The fourth-order valence-corrected chi connectivity index (χ4v) is 3.84. The molecule has 148 valence electrons. The summed E-state index contributed by atoms with van der Waals surface area (Å²) in [6.45, 7) is 3.83. The van der Waals surface area contributed by atoms with Gasteiger partial charge in [0.25, 0.3) is 0 Å². The Morgan fingerprint density at radius 2 is 2.14 bits per heavy atom. The van der Waals surface area contributed by atoms with Crippen molar-refractivity contribution in [2.45, 2.75) is 38.6 Å². The number of hydrogen-bond acceptors (Lipinski definition) is 4. The third-order valence-electron chi connectivity index (χ3n) is 5.51. The third-order valence-corrected chi connectivity index (χ3v) is 5.51. The minimum Gasteiger partial charge on any atom is -0.464 e. The minimum atomic E-state index is -0.0880. The number of likely N-dealkylation sites (N-methyl/N-ethyl adjacent to an activating group) is 1. The average Bonchev–Trinajstić information content (AvgIpc) is 3.03. The standard InChI is InChI=1S/C22H27N3O3/c1-15-11-19(15)20-9-8-18(28-20)13-24(2)14-21(26)23-16-5-3-6-17(12-16)25-10-4-7-22(25)27/h3,5-6,8-9,12,15,19H,4,7,10-11,13-14H2,1-2H3,(H,23,26)/t15-,19+/m1/s1. The Balaban J connectivity index is 1.30. The van der Waals surface area contributed by atoms with Gasteiger partial charge in [-0.25, -0.2) is 0 Å². The largest absolute Gasteiger partial charge is 0.464 e. The number of anilines is 2. The van der Waals surface area contributed by atoms with E-state index in [-0.39, 0.29) is 18.4 Å². The van der Waals surface area contributed by atoms with Crippen molar-refractivity contribution in [3.8, 4) is 0 Å². The number of nitrogens with one attached hydrogen (secondary N) is 1. The number of hydrogen-bond donors (Lipinski definition) is 1. The molecule has 2 amide bonds. The van der Waals surface area contributed by atoms with Crippen molar-refractivity contribution in [2.24, 2.45) is 5.92 Å². The van der Waals surface area contributed by atoms with E-state index in [9.17, 15) is 9.59 Å². The molecule has 6 heteroatoms. The fraction of sp³-hybridized carbons (Fsp3) is 0.455. The van der Waals surface area contributed by atoms with Crippen molar-refractivity contribution >= 4 is 23.2 Å². The first kappa shape index (κ1) is 18.7. The van der Waals surface area contributed by atoms with Crippen LogP contribution in [0.5, 0.6) is 0 Å². The molecule has 0 bridgehead atoms. The van der Waals surface area contributed by atoms with Gasteiger partial charge in [0.05, 0.1) is 13.1 Å². The minimum absolute atomic E-state index is 0.0880. The van der Waals surface area contributed by atoms with Crippen molar-refractivity contribution in [1.29, 1.82) is 0 Å². The zero-order chi connectivity index (χ0) is 19.7. The molecule has 1 aromatic carbocycles. The van der Waals surface area contributed by atoms with Gasteiger partial charge < -0.3 is 14.6 Å². The summed E-state index contributed by atoms with van der Waals surface area (Å²) >= 11 is 0. The van der Waals surface area contributed by atoms with E-state index in [1.165, 1.54) is 6.42 Å². The van der Waals surface area contributed by atoms with Gasteiger partial charge in [0.2, 0.25) is 11.8 Å². The van der Waals surface area contributed by atoms with Crippen LogP contribution in [-0.2, 0) is 16.1 Å². The second-order valence-corrected chi connectivity index (χ2v) is 8.04. The van der Waals surface area contributed by atoms with Crippen LogP contribution in [0.4, 0.5) is 11.4 Å². The van der Waals surface area contributed by atoms with Gasteiger partial charge in [-0.1, -0.05) is 13.0 Å². The maximum Gasteiger partial charge on any atom is 0.238 e. The van der Waals surface area contributed by atoms with E-state index in [2.05, 4.69) is 18.3 Å². The van der Waals surface area contributed by atoms with Gasteiger partial charge in [-0.3, -0.25) is 14.5 Å². The molecule has 4 rings (SSSR count). The predicted molar refractivity (Wildman–Crippen MR) is 108 cm³/mol. The summed E-state index contributed by atoms with van der Waals surface area (Å²) in [7, 11) is 1.90. The van der Waals surface area contributed by atoms with Crippen LogP contribution in [0.1, 0.15) is 43.6 Å². The molecule has 6 nitrogen and oxygen atoms in total. The van der Waals surface area contributed by atoms with Crippen LogP contribution in [0.15, 0.2) is 40.8 Å². The number of benzene rings is 1. The molecule has 2 heterocycles. The summed E-state index contributed by atoms with van der Waals surface area (Å²) in [6, 6.07) is 11.5. The van der Waals surface area contributed by atoms with Crippen LogP contribution in [0.25, 0.3) is 0 Å². The number of carbonyl (C=O) groups excluding carboxylic acids is 2. The van der Waals surface area contributed by atoms with Gasteiger partial charge in [0.1, 0.15) is 11.5 Å². The first-order valence-corrected chi connectivity index (χ1v) is 9.97. The van der Waals surface area contributed by atoms with E-state index in [4.69, 9.17) is 4.42 Å². The Labute approximate surface area is 165 Å². The van der Waals surface area contributed by atoms with Crippen LogP contribution in [0.3, 0.4) is 0 Å². The van der Waals surface area contributed by atoms with Crippen LogP contribution < -0.4 is 10.2 Å². The van der Waals surface area contributed by atoms with Crippen LogP contribution in [0, 0.1) is 5.92 Å². The topological polar surface area (TPSA) is 65.8 Å². The van der Waals surface area contributed by atoms with Gasteiger partial charge in [-0.2, -0.15) is 0 Å². The Kier molecular flexibility index (Phi) is 5.22. The SMILES string of the molecule is C[C@@H]1C[C@@H]1c1ccc(CN(C)CC(=O)Nc2cccc(N3CCCC3=O)c2)o1. The molecule has 1 aliphatic heterocycles. The zero-order valence-electron chi connectivity index (χ0n) is 16.5. The number of furan rings is 1. The van der Waals surface area contributed by atoms with Crippen molar-refractivity contribution in [3.63, 3.8) is 0 Å². The second kappa shape index (κ2) is 7.80. The van der Waals surface area contributed by atoms with Gasteiger partial charge in [-0.05, 0) is 56.1 Å². The van der Waals surface area contributed by atoms with Crippen molar-refractivity contribution in [1.82, 2.24) is 4.90 Å². The summed E-state index contributed by atoms with van der Waals surface area (Å²) in [5.41, 5.74) is 1.55. The molecule has 2 aromatic rings. The molecular weight excluding hydrogens is 354 g/mol. The molecule has 0 unspecified atom stereocenters. The summed E-state index contributed by atoms with van der Waals surface area (Å²) < 4.78 is 5.92. The van der Waals surface area contributed by atoms with E-state index in [1.807, 2.05) is 42.3 Å². The molecule has 2 fully saturated rings. The molecule has 1 saturated heterocycles. The molecule has 0 radical (unpaired) electrons. The lowest BCUT2D eigenvalue weighted by Crippen LogP contribution is -2.30. The normalized spacial score (nSPS) is 21.4. The van der Waals surface area contributed by atoms with Gasteiger partial charge >= 0.3 is 0 Å². The molecular formula is C22H27N3O3. The number of rotatable bonds is 7. The highest BCUT2D eigenvalue weighted by molar-refractivity contribution is 5.97. The van der Waals surface area contributed by atoms with Crippen LogP contribution in [-0.4, -0.2) is 36.9 Å². The molecule has 1 saturated carbocycles. The van der Waals surface area contributed by atoms with E-state index in [0.717, 1.165) is 30.2 Å². The molecule has 2 aliphatic rings. The lowest BCUT2D eigenvalue weighted by Gasteiger charge is -2.18. The summed E-state index contributed by atoms with van der Waals surface area (Å²) in [5, 5.41) is 2.93. The van der Waals surface area contributed by atoms with E-state index < -0.39 is 0 Å². The summed E-state index contributed by atoms with van der Waals surface area (Å²) in [5.74, 6) is 3.29. The Hall–Kier alpha value is -2.60. The fourth-order valence-electron chi connectivity index (χ4n) is 3.84. The zero-order valence-corrected chi connectivity index (χ0v) is 16.5. The van der Waals surface area contributed by atoms with E-state index >= 15 is 0 Å². The average molecular weight is 381 g/mol. The molecule has 1 N–H and O–H groups in total. The van der Waals surface area contributed by atoms with Crippen molar-refractivity contribution < 1.29 is 14.0 Å². The Morgan fingerprint density at radius 3 is 2.86 bits per heavy atom. The highest BCUT2D eigenvalue weighted by Gasteiger charge is 2.36. The highest BCUT2D eigenvalue weighted by atomic mass is 16.3. The number of carbonyl (C=O) groups is 2. The van der Waals surface area contributed by atoms with Gasteiger partial charge in [0, 0.05) is 30.3 Å². The Bertz CT molecular complexity index is 875. The molecule has 2 atom stereocenters. The van der Waals surface area contributed by atoms with E-state index in [0.29, 0.717) is 30.5 Å². The molecule has 1 aliphatic carbocycles. The maximum absolute atomic E-state index is 12.4. The molecule has 1 aromatic heterocycles. The smallest absolute Gasteiger partial charge is 0.238 e. The second-order valence-electron chi connectivity index (χ2n) is 8.04. The molecule has 28 heavy (non-hydrogen) atoms. The predicted octanol–water partition coefficient (Wildman–Crippen LogP) is 3.60. The van der Waals surface area contributed by atoms with Crippen LogP contribution >= 0.6 is 0 Å². The molecule has 0 spiro atoms. The first-order valence-electron chi connectivity index (χ1n) is 9.97. The van der Waals surface area contributed by atoms with Crippen molar-refractivity contribution in [3.05, 3.63) is 47.9 Å². The monoisotopic (exact) mass is 381 g/mol. The number of amides is 2. The Morgan fingerprint density at radius 1 is 1.32 bits per heavy atom. The maximum atomic E-state index is 12.4. The lowest BCUT2D eigenvalue weighted by atomic mass is 10.2. The quantitative estimate of drug-likeness (QED) is 0.796. The van der Waals surface area contributed by atoms with Gasteiger partial charge in [0.15, 0.2) is 0 Å². The first-order chi connectivity index (χ1) is 13.5. The highest BCUT2D eigenvalue weighted by Crippen LogP contribution is 2.47. The van der Waals surface area contributed by atoms with Gasteiger partial charge in [-0.15, -0.1) is 0 Å². The summed E-state index contributed by atoms with van der Waals surface area (Å²) in [6.07, 6.45) is 2.68. The number of nitrogens with zero attached hydrogens (tertiary/aromatic N) is 2. The van der Waals surface area contributed by atoms with Crippen LogP contribution in [0.2, 0.25) is 0 Å². The van der Waals surface area contributed by atoms with Crippen molar-refractivity contribution in [2.75, 3.05) is 30.4 Å².